The van der Waals surface area contributed by atoms with Gasteiger partial charge in [0.1, 0.15) is 11.6 Å². The summed E-state index contributed by atoms with van der Waals surface area (Å²) in [6, 6.07) is -1.02. The topological polar surface area (TPSA) is 59.1 Å². The van der Waals surface area contributed by atoms with Crippen molar-refractivity contribution in [1.82, 2.24) is 9.80 Å². The first kappa shape index (κ1) is 18.5. The average molecular weight is 326 g/mol. The standard InChI is InChI=1S/C13H21F3N2O4/c1-12(2,3)22-11(20)18-7-6-17(4)10(19)9(18)5-8-21-13(14,15)16/h9H,5-8H2,1-4H3. The number of ether oxygens (including phenoxy) is 2. The summed E-state index contributed by atoms with van der Waals surface area (Å²) in [5.41, 5.74) is -0.753. The minimum atomic E-state index is -4.76. The Hall–Kier alpha value is -1.51. The van der Waals surface area contributed by atoms with Crippen LogP contribution in [-0.4, -0.2) is 66.5 Å². The maximum absolute atomic E-state index is 12.1. The van der Waals surface area contributed by atoms with Crippen molar-refractivity contribution < 1.29 is 32.2 Å². The molecule has 2 amide bonds. The molecule has 0 aromatic carbocycles. The average Bonchev–Trinajstić information content (AvgIpc) is 2.30. The van der Waals surface area contributed by atoms with Gasteiger partial charge in [0.2, 0.25) is 5.91 Å². The number of amides is 2. The zero-order valence-corrected chi connectivity index (χ0v) is 13.1. The number of alkyl halides is 3. The zero-order chi connectivity index (χ0) is 17.1. The van der Waals surface area contributed by atoms with Gasteiger partial charge in [-0.2, -0.15) is 0 Å². The van der Waals surface area contributed by atoms with E-state index in [0.717, 1.165) is 4.90 Å². The lowest BCUT2D eigenvalue weighted by atomic mass is 10.1. The first-order valence-electron chi connectivity index (χ1n) is 6.86. The predicted molar refractivity (Wildman–Crippen MR) is 71.0 cm³/mol. The number of hydrogen-bond acceptors (Lipinski definition) is 4. The largest absolute Gasteiger partial charge is 0.522 e. The second-order valence-electron chi connectivity index (χ2n) is 6.03. The van der Waals surface area contributed by atoms with Crippen molar-refractivity contribution in [3.63, 3.8) is 0 Å². The molecule has 0 aromatic heterocycles. The van der Waals surface area contributed by atoms with E-state index in [1.165, 1.54) is 11.9 Å². The Balaban J connectivity index is 2.75. The minimum Gasteiger partial charge on any atom is -0.444 e. The van der Waals surface area contributed by atoms with E-state index in [9.17, 15) is 22.8 Å². The molecule has 1 atom stereocenters. The SMILES string of the molecule is CN1CCN(C(=O)OC(C)(C)C)C(CCOC(F)(F)F)C1=O. The van der Waals surface area contributed by atoms with Crippen molar-refractivity contribution in [1.29, 1.82) is 0 Å². The van der Waals surface area contributed by atoms with Gasteiger partial charge in [-0.3, -0.25) is 14.4 Å². The van der Waals surface area contributed by atoms with E-state index in [2.05, 4.69) is 4.74 Å². The predicted octanol–water partition coefficient (Wildman–Crippen LogP) is 1.99. The Bertz CT molecular complexity index is 420. The van der Waals surface area contributed by atoms with Crippen LogP contribution >= 0.6 is 0 Å². The number of hydrogen-bond donors (Lipinski definition) is 0. The first-order valence-corrected chi connectivity index (χ1v) is 6.86. The van der Waals surface area contributed by atoms with Gasteiger partial charge >= 0.3 is 12.5 Å². The van der Waals surface area contributed by atoms with Gasteiger partial charge in [0.05, 0.1) is 6.61 Å². The highest BCUT2D eigenvalue weighted by Crippen LogP contribution is 2.21. The Morgan fingerprint density at radius 2 is 1.86 bits per heavy atom. The second kappa shape index (κ2) is 6.72. The van der Waals surface area contributed by atoms with E-state index in [1.54, 1.807) is 20.8 Å². The van der Waals surface area contributed by atoms with E-state index in [-0.39, 0.29) is 13.0 Å². The van der Waals surface area contributed by atoms with Gasteiger partial charge in [0, 0.05) is 26.6 Å². The summed E-state index contributed by atoms with van der Waals surface area (Å²) >= 11 is 0. The van der Waals surface area contributed by atoms with Gasteiger partial charge in [0.25, 0.3) is 0 Å². The zero-order valence-electron chi connectivity index (χ0n) is 13.1. The van der Waals surface area contributed by atoms with Crippen molar-refractivity contribution >= 4 is 12.0 Å². The fourth-order valence-corrected chi connectivity index (χ4v) is 2.02. The molecule has 6 nitrogen and oxygen atoms in total. The summed E-state index contributed by atoms with van der Waals surface area (Å²) in [7, 11) is 1.53. The summed E-state index contributed by atoms with van der Waals surface area (Å²) in [4.78, 5) is 26.7. The van der Waals surface area contributed by atoms with Crippen LogP contribution in [0.2, 0.25) is 0 Å². The van der Waals surface area contributed by atoms with Gasteiger partial charge in [0.15, 0.2) is 0 Å². The van der Waals surface area contributed by atoms with Crippen LogP contribution in [0.1, 0.15) is 27.2 Å². The van der Waals surface area contributed by atoms with Crippen molar-refractivity contribution in [2.24, 2.45) is 0 Å². The monoisotopic (exact) mass is 326 g/mol. The lowest BCUT2D eigenvalue weighted by molar-refractivity contribution is -0.325. The number of carbonyl (C=O) groups is 2. The molecule has 0 spiro atoms. The van der Waals surface area contributed by atoms with Gasteiger partial charge in [-0.05, 0) is 20.8 Å². The molecule has 0 bridgehead atoms. The van der Waals surface area contributed by atoms with Gasteiger partial charge in [-0.1, -0.05) is 0 Å². The number of nitrogens with zero attached hydrogens (tertiary/aromatic N) is 2. The normalized spacial score (nSPS) is 20.3. The number of carbonyl (C=O) groups excluding carboxylic acids is 2. The Morgan fingerprint density at radius 3 is 2.36 bits per heavy atom. The summed E-state index contributed by atoms with van der Waals surface area (Å²) in [6.07, 6.45) is -5.73. The molecule has 1 heterocycles. The number of rotatable bonds is 3. The highest BCUT2D eigenvalue weighted by molar-refractivity contribution is 5.86. The van der Waals surface area contributed by atoms with E-state index >= 15 is 0 Å². The van der Waals surface area contributed by atoms with Crippen molar-refractivity contribution in [3.8, 4) is 0 Å². The molecule has 0 saturated carbocycles. The summed E-state index contributed by atoms with van der Waals surface area (Å²) in [5.74, 6) is -0.428. The van der Waals surface area contributed by atoms with Gasteiger partial charge < -0.3 is 9.64 Å². The van der Waals surface area contributed by atoms with Crippen molar-refractivity contribution in [2.75, 3.05) is 26.7 Å². The van der Waals surface area contributed by atoms with Crippen LogP contribution in [0, 0.1) is 0 Å². The Labute approximate surface area is 127 Å². The molecule has 1 aliphatic heterocycles. The molecule has 0 aromatic rings. The third-order valence-electron chi connectivity index (χ3n) is 3.00. The fraction of sp³-hybridized carbons (Fsp3) is 0.846. The highest BCUT2D eigenvalue weighted by Gasteiger charge is 2.39. The molecule has 1 fully saturated rings. The molecule has 128 valence electrons. The molecular formula is C13H21F3N2O4. The van der Waals surface area contributed by atoms with Crippen molar-refractivity contribution in [2.45, 2.75) is 45.2 Å². The first-order chi connectivity index (χ1) is 9.91. The maximum atomic E-state index is 12.1. The molecule has 22 heavy (non-hydrogen) atoms. The molecule has 1 rings (SSSR count). The molecule has 1 saturated heterocycles. The van der Waals surface area contributed by atoms with Crippen LogP contribution in [0.15, 0.2) is 0 Å². The van der Waals surface area contributed by atoms with E-state index in [4.69, 9.17) is 4.74 Å². The fourth-order valence-electron chi connectivity index (χ4n) is 2.02. The summed E-state index contributed by atoms with van der Waals surface area (Å²) in [6.45, 7) is 4.81. The number of piperazine rings is 1. The quantitative estimate of drug-likeness (QED) is 0.796. The summed E-state index contributed by atoms with van der Waals surface area (Å²) in [5, 5.41) is 0. The minimum absolute atomic E-state index is 0.202. The van der Waals surface area contributed by atoms with Crippen LogP contribution in [0.5, 0.6) is 0 Å². The van der Waals surface area contributed by atoms with Crippen LogP contribution in [0.25, 0.3) is 0 Å². The van der Waals surface area contributed by atoms with Crippen LogP contribution in [-0.2, 0) is 14.3 Å². The highest BCUT2D eigenvalue weighted by atomic mass is 19.4. The van der Waals surface area contributed by atoms with Gasteiger partial charge in [-0.15, -0.1) is 13.2 Å². The van der Waals surface area contributed by atoms with Crippen LogP contribution in [0.3, 0.4) is 0 Å². The lowest BCUT2D eigenvalue weighted by Gasteiger charge is -2.39. The molecule has 1 unspecified atom stereocenters. The molecule has 9 heteroatoms. The van der Waals surface area contributed by atoms with Crippen molar-refractivity contribution in [3.05, 3.63) is 0 Å². The maximum Gasteiger partial charge on any atom is 0.522 e. The van der Waals surface area contributed by atoms with Gasteiger partial charge in [-0.25, -0.2) is 4.79 Å². The number of likely N-dealkylation sites (N-methyl/N-ethyl adjacent to an activating group) is 1. The second-order valence-corrected chi connectivity index (χ2v) is 6.03. The molecule has 0 aliphatic carbocycles. The smallest absolute Gasteiger partial charge is 0.444 e. The third-order valence-corrected chi connectivity index (χ3v) is 3.00. The van der Waals surface area contributed by atoms with E-state index < -0.39 is 36.6 Å². The molecular weight excluding hydrogens is 305 g/mol. The molecule has 0 N–H and O–H groups in total. The Kier molecular flexibility index (Phi) is 5.66. The molecule has 1 aliphatic rings. The number of halogens is 3. The van der Waals surface area contributed by atoms with Crippen LogP contribution in [0.4, 0.5) is 18.0 Å². The lowest BCUT2D eigenvalue weighted by Crippen LogP contribution is -2.58. The Morgan fingerprint density at radius 1 is 1.27 bits per heavy atom. The molecule has 0 radical (unpaired) electrons. The van der Waals surface area contributed by atoms with E-state index in [0.29, 0.717) is 6.54 Å². The third kappa shape index (κ3) is 5.70. The van der Waals surface area contributed by atoms with Crippen LogP contribution < -0.4 is 0 Å². The van der Waals surface area contributed by atoms with E-state index in [1.807, 2.05) is 0 Å². The summed E-state index contributed by atoms with van der Waals surface area (Å²) < 4.78 is 45.0.